The minimum atomic E-state index is 0.0684. The van der Waals surface area contributed by atoms with E-state index in [0.29, 0.717) is 18.4 Å². The minimum absolute atomic E-state index is 0.0684. The van der Waals surface area contributed by atoms with Crippen molar-refractivity contribution < 1.29 is 9.53 Å². The van der Waals surface area contributed by atoms with E-state index < -0.39 is 0 Å². The van der Waals surface area contributed by atoms with Crippen molar-refractivity contribution in [3.8, 4) is 0 Å². The van der Waals surface area contributed by atoms with E-state index in [1.165, 1.54) is 0 Å². The molecule has 0 aromatic carbocycles. The molecule has 3 N–H and O–H groups in total. The van der Waals surface area contributed by atoms with E-state index in [4.69, 9.17) is 10.5 Å². The number of hydrogen-bond donors (Lipinski definition) is 2. The van der Waals surface area contributed by atoms with Crippen LogP contribution in [0.2, 0.25) is 0 Å². The molecule has 0 bridgehead atoms. The molecule has 0 aromatic rings. The molecule has 1 saturated carbocycles. The molecule has 0 heterocycles. The van der Waals surface area contributed by atoms with Crippen LogP contribution in [0.15, 0.2) is 0 Å². The first-order chi connectivity index (χ1) is 9.26. The molecule has 1 fully saturated rings. The minimum Gasteiger partial charge on any atom is -0.385 e. The van der Waals surface area contributed by atoms with Gasteiger partial charge in [-0.05, 0) is 36.5 Å². The third kappa shape index (κ3) is 5.06. The van der Waals surface area contributed by atoms with Gasteiger partial charge in [-0.2, -0.15) is 0 Å². The summed E-state index contributed by atoms with van der Waals surface area (Å²) in [6.07, 6.45) is 2.81. The van der Waals surface area contributed by atoms with Crippen LogP contribution in [0.5, 0.6) is 0 Å². The molecule has 4 nitrogen and oxygen atoms in total. The topological polar surface area (TPSA) is 64.3 Å². The van der Waals surface area contributed by atoms with Gasteiger partial charge in [-0.25, -0.2) is 0 Å². The molecule has 1 rings (SSSR count). The van der Waals surface area contributed by atoms with Crippen molar-refractivity contribution >= 4 is 5.91 Å². The van der Waals surface area contributed by atoms with E-state index in [0.717, 1.165) is 25.9 Å². The molecule has 4 atom stereocenters. The predicted molar refractivity (Wildman–Crippen MR) is 82.3 cm³/mol. The van der Waals surface area contributed by atoms with E-state index in [-0.39, 0.29) is 23.3 Å². The van der Waals surface area contributed by atoms with Crippen molar-refractivity contribution in [3.05, 3.63) is 0 Å². The van der Waals surface area contributed by atoms with Crippen LogP contribution in [0.4, 0.5) is 0 Å². The predicted octanol–water partition coefficient (Wildman–Crippen LogP) is 2.17. The smallest absolute Gasteiger partial charge is 0.223 e. The standard InChI is InChI=1S/C16H32N2O2/c1-11-8-12(2)14(17)9-13(11)15(19)18-10-16(3,4)6-7-20-5/h11-14H,6-10,17H2,1-5H3,(H,18,19). The Labute approximate surface area is 123 Å². The summed E-state index contributed by atoms with van der Waals surface area (Å²) in [6, 6.07) is 0.156. The Balaban J connectivity index is 2.46. The number of methoxy groups -OCH3 is 1. The molecule has 0 spiro atoms. The number of amides is 1. The van der Waals surface area contributed by atoms with E-state index in [9.17, 15) is 4.79 Å². The average Bonchev–Trinajstić information content (AvgIpc) is 2.38. The molecular weight excluding hydrogens is 252 g/mol. The number of carbonyl (C=O) groups excluding carboxylic acids is 1. The molecule has 1 aliphatic rings. The normalized spacial score (nSPS) is 31.1. The van der Waals surface area contributed by atoms with Crippen LogP contribution < -0.4 is 11.1 Å². The lowest BCUT2D eigenvalue weighted by Crippen LogP contribution is -2.46. The lowest BCUT2D eigenvalue weighted by atomic mass is 9.72. The summed E-state index contributed by atoms with van der Waals surface area (Å²) < 4.78 is 5.11. The second-order valence-electron chi connectivity index (χ2n) is 7.32. The van der Waals surface area contributed by atoms with Gasteiger partial charge in [0.05, 0.1) is 0 Å². The monoisotopic (exact) mass is 284 g/mol. The quantitative estimate of drug-likeness (QED) is 0.785. The highest BCUT2D eigenvalue weighted by atomic mass is 16.5. The molecule has 4 heteroatoms. The highest BCUT2D eigenvalue weighted by Crippen LogP contribution is 2.33. The summed E-state index contributed by atoms with van der Waals surface area (Å²) in [5, 5.41) is 3.12. The van der Waals surface area contributed by atoms with Gasteiger partial charge in [0.25, 0.3) is 0 Å². The number of hydrogen-bond acceptors (Lipinski definition) is 3. The van der Waals surface area contributed by atoms with Gasteiger partial charge in [-0.1, -0.05) is 27.7 Å². The van der Waals surface area contributed by atoms with Crippen LogP contribution in [0.1, 0.15) is 47.0 Å². The summed E-state index contributed by atoms with van der Waals surface area (Å²) in [4.78, 5) is 12.4. The zero-order valence-corrected chi connectivity index (χ0v) is 13.7. The van der Waals surface area contributed by atoms with Crippen LogP contribution in [0.3, 0.4) is 0 Å². The van der Waals surface area contributed by atoms with Crippen molar-refractivity contribution in [1.29, 1.82) is 0 Å². The summed E-state index contributed by atoms with van der Waals surface area (Å²) >= 11 is 0. The fourth-order valence-electron chi connectivity index (χ4n) is 2.97. The maximum atomic E-state index is 12.4. The second kappa shape index (κ2) is 7.41. The highest BCUT2D eigenvalue weighted by molar-refractivity contribution is 5.79. The molecule has 118 valence electrons. The van der Waals surface area contributed by atoms with Gasteiger partial charge in [0.1, 0.15) is 0 Å². The van der Waals surface area contributed by atoms with Crippen molar-refractivity contribution in [3.63, 3.8) is 0 Å². The summed E-state index contributed by atoms with van der Waals surface area (Å²) in [5.74, 6) is 1.18. The largest absolute Gasteiger partial charge is 0.385 e. The maximum absolute atomic E-state index is 12.4. The van der Waals surface area contributed by atoms with Gasteiger partial charge in [-0.15, -0.1) is 0 Å². The first-order valence-corrected chi connectivity index (χ1v) is 7.79. The van der Waals surface area contributed by atoms with Gasteiger partial charge in [-0.3, -0.25) is 4.79 Å². The van der Waals surface area contributed by atoms with E-state index in [1.807, 2.05) is 0 Å². The van der Waals surface area contributed by atoms with Gasteiger partial charge >= 0.3 is 0 Å². The Hall–Kier alpha value is -0.610. The van der Waals surface area contributed by atoms with E-state index in [2.05, 4.69) is 33.0 Å². The van der Waals surface area contributed by atoms with Crippen LogP contribution in [-0.2, 0) is 9.53 Å². The van der Waals surface area contributed by atoms with Crippen molar-refractivity contribution in [2.45, 2.75) is 53.0 Å². The van der Waals surface area contributed by atoms with Gasteiger partial charge in [0, 0.05) is 32.2 Å². The molecule has 0 saturated heterocycles. The van der Waals surface area contributed by atoms with Gasteiger partial charge < -0.3 is 15.8 Å². The maximum Gasteiger partial charge on any atom is 0.223 e. The summed E-state index contributed by atoms with van der Waals surface area (Å²) in [6.45, 7) is 10.1. The Morgan fingerprint density at radius 2 is 1.95 bits per heavy atom. The van der Waals surface area contributed by atoms with Crippen molar-refractivity contribution in [2.75, 3.05) is 20.3 Å². The van der Waals surface area contributed by atoms with E-state index in [1.54, 1.807) is 7.11 Å². The molecule has 0 aromatic heterocycles. The average molecular weight is 284 g/mol. The first kappa shape index (κ1) is 17.4. The molecule has 0 radical (unpaired) electrons. The highest BCUT2D eigenvalue weighted by Gasteiger charge is 2.35. The Morgan fingerprint density at radius 1 is 1.30 bits per heavy atom. The Morgan fingerprint density at radius 3 is 2.55 bits per heavy atom. The number of ether oxygens (including phenoxy) is 1. The number of nitrogens with two attached hydrogens (primary N) is 1. The summed E-state index contributed by atoms with van der Waals surface area (Å²) in [5.41, 5.74) is 6.19. The van der Waals surface area contributed by atoms with E-state index >= 15 is 0 Å². The molecule has 1 aliphatic carbocycles. The van der Waals surface area contributed by atoms with Crippen molar-refractivity contribution in [2.24, 2.45) is 28.9 Å². The molecule has 1 amide bonds. The SMILES string of the molecule is COCCC(C)(C)CNC(=O)C1CC(N)C(C)CC1C. The van der Waals surface area contributed by atoms with Crippen LogP contribution >= 0.6 is 0 Å². The fourth-order valence-corrected chi connectivity index (χ4v) is 2.97. The van der Waals surface area contributed by atoms with Crippen LogP contribution in [-0.4, -0.2) is 32.2 Å². The molecule has 0 aliphatic heterocycles. The molecule has 20 heavy (non-hydrogen) atoms. The second-order valence-corrected chi connectivity index (χ2v) is 7.32. The number of nitrogens with one attached hydrogen (secondary N) is 1. The number of carbonyl (C=O) groups is 1. The lowest BCUT2D eigenvalue weighted by Gasteiger charge is -2.36. The lowest BCUT2D eigenvalue weighted by molar-refractivity contribution is -0.128. The van der Waals surface area contributed by atoms with Gasteiger partial charge in [0.2, 0.25) is 5.91 Å². The number of rotatable bonds is 6. The van der Waals surface area contributed by atoms with Crippen LogP contribution in [0.25, 0.3) is 0 Å². The molecule has 4 unspecified atom stereocenters. The zero-order chi connectivity index (χ0) is 15.3. The summed E-state index contributed by atoms with van der Waals surface area (Å²) in [7, 11) is 1.71. The first-order valence-electron chi connectivity index (χ1n) is 7.79. The van der Waals surface area contributed by atoms with Gasteiger partial charge in [0.15, 0.2) is 0 Å². The third-order valence-electron chi connectivity index (χ3n) is 4.75. The van der Waals surface area contributed by atoms with Crippen LogP contribution in [0, 0.1) is 23.2 Å². The third-order valence-corrected chi connectivity index (χ3v) is 4.75. The zero-order valence-electron chi connectivity index (χ0n) is 13.7. The Kier molecular flexibility index (Phi) is 6.46. The Bertz CT molecular complexity index is 318. The molecular formula is C16H32N2O2. The fraction of sp³-hybridized carbons (Fsp3) is 0.938. The van der Waals surface area contributed by atoms with Crippen molar-refractivity contribution in [1.82, 2.24) is 5.32 Å².